The van der Waals surface area contributed by atoms with Crippen LogP contribution in [-0.4, -0.2) is 21.6 Å². The van der Waals surface area contributed by atoms with Crippen LogP contribution in [0.25, 0.3) is 0 Å². The summed E-state index contributed by atoms with van der Waals surface area (Å²) < 4.78 is 31.9. The Morgan fingerprint density at radius 1 is 1.14 bits per heavy atom. The van der Waals surface area contributed by atoms with Gasteiger partial charge in [0, 0.05) is 11.6 Å². The molecule has 0 saturated carbocycles. The van der Waals surface area contributed by atoms with E-state index in [4.69, 9.17) is 22.1 Å². The molecule has 21 heavy (non-hydrogen) atoms. The van der Waals surface area contributed by atoms with Gasteiger partial charge < -0.3 is 10.5 Å². The lowest BCUT2D eigenvalue weighted by atomic mass is 10.3. The fourth-order valence-corrected chi connectivity index (χ4v) is 2.98. The minimum atomic E-state index is -3.59. The van der Waals surface area contributed by atoms with Gasteiger partial charge in [-0.05, 0) is 30.3 Å². The van der Waals surface area contributed by atoms with Crippen molar-refractivity contribution in [3.05, 3.63) is 53.6 Å². The van der Waals surface area contributed by atoms with E-state index in [1.807, 2.05) is 0 Å². The molecular formula is C14H15ClN2O3S. The topological polar surface area (TPSA) is 81.4 Å². The summed E-state index contributed by atoms with van der Waals surface area (Å²) in [6.45, 7) is 0.303. The number of para-hydroxylation sites is 2. The van der Waals surface area contributed by atoms with Crippen LogP contribution >= 0.6 is 11.6 Å². The lowest BCUT2D eigenvalue weighted by molar-refractivity contribution is 0.324. The maximum atomic E-state index is 12.0. The summed E-state index contributed by atoms with van der Waals surface area (Å²) in [4.78, 5) is 0.120. The van der Waals surface area contributed by atoms with Gasteiger partial charge in [-0.3, -0.25) is 0 Å². The van der Waals surface area contributed by atoms with E-state index in [0.717, 1.165) is 0 Å². The van der Waals surface area contributed by atoms with E-state index in [9.17, 15) is 8.42 Å². The summed E-state index contributed by atoms with van der Waals surface area (Å²) in [5.74, 6) is 0.527. The molecule has 0 spiro atoms. The minimum Gasteiger partial charge on any atom is -0.490 e. The maximum absolute atomic E-state index is 12.0. The van der Waals surface area contributed by atoms with Gasteiger partial charge in [0.2, 0.25) is 10.0 Å². The van der Waals surface area contributed by atoms with Crippen LogP contribution in [0.15, 0.2) is 53.4 Å². The van der Waals surface area contributed by atoms with Crippen LogP contribution in [-0.2, 0) is 10.0 Å². The molecule has 0 aliphatic heterocycles. The highest BCUT2D eigenvalue weighted by Crippen LogP contribution is 2.19. The first-order valence-corrected chi connectivity index (χ1v) is 8.08. The SMILES string of the molecule is Nc1ccccc1OCCNS(=O)(=O)c1cccc(Cl)c1. The van der Waals surface area contributed by atoms with E-state index < -0.39 is 10.0 Å². The number of hydrogen-bond acceptors (Lipinski definition) is 4. The number of nitrogens with one attached hydrogen (secondary N) is 1. The lowest BCUT2D eigenvalue weighted by Gasteiger charge is -2.10. The van der Waals surface area contributed by atoms with Crippen LogP contribution < -0.4 is 15.2 Å². The Morgan fingerprint density at radius 2 is 1.90 bits per heavy atom. The number of halogens is 1. The van der Waals surface area contributed by atoms with E-state index in [1.54, 1.807) is 36.4 Å². The average molecular weight is 327 g/mol. The summed E-state index contributed by atoms with van der Waals surface area (Å²) in [7, 11) is -3.59. The van der Waals surface area contributed by atoms with Gasteiger partial charge in [-0.25, -0.2) is 13.1 Å². The molecule has 7 heteroatoms. The van der Waals surface area contributed by atoms with Gasteiger partial charge in [-0.2, -0.15) is 0 Å². The second kappa shape index (κ2) is 6.80. The molecule has 0 saturated heterocycles. The predicted octanol–water partition coefficient (Wildman–Crippen LogP) is 2.28. The molecule has 5 nitrogen and oxygen atoms in total. The van der Waals surface area contributed by atoms with Crippen molar-refractivity contribution in [1.82, 2.24) is 4.72 Å². The minimum absolute atomic E-state index is 0.120. The Labute approximate surface area is 128 Å². The van der Waals surface area contributed by atoms with Crippen molar-refractivity contribution < 1.29 is 13.2 Å². The number of nitrogens with two attached hydrogens (primary N) is 1. The molecule has 0 amide bonds. The van der Waals surface area contributed by atoms with E-state index in [2.05, 4.69) is 4.72 Å². The monoisotopic (exact) mass is 326 g/mol. The third-order valence-corrected chi connectivity index (χ3v) is 4.37. The first-order valence-electron chi connectivity index (χ1n) is 6.21. The third kappa shape index (κ3) is 4.35. The highest BCUT2D eigenvalue weighted by Gasteiger charge is 2.13. The van der Waals surface area contributed by atoms with Crippen LogP contribution in [0.4, 0.5) is 5.69 Å². The van der Waals surface area contributed by atoms with Gasteiger partial charge in [0.1, 0.15) is 12.4 Å². The van der Waals surface area contributed by atoms with E-state index >= 15 is 0 Å². The molecule has 0 unspecified atom stereocenters. The number of anilines is 1. The van der Waals surface area contributed by atoms with Crippen molar-refractivity contribution in [1.29, 1.82) is 0 Å². The van der Waals surface area contributed by atoms with Crippen molar-refractivity contribution in [3.8, 4) is 5.75 Å². The van der Waals surface area contributed by atoms with Crippen molar-refractivity contribution >= 4 is 27.3 Å². The molecule has 3 N–H and O–H groups in total. The van der Waals surface area contributed by atoms with Crippen LogP contribution in [0.2, 0.25) is 5.02 Å². The molecule has 0 bridgehead atoms. The summed E-state index contributed by atoms with van der Waals surface area (Å²) >= 11 is 5.78. The fraction of sp³-hybridized carbons (Fsp3) is 0.143. The molecule has 0 aliphatic rings. The number of benzene rings is 2. The lowest BCUT2D eigenvalue weighted by Crippen LogP contribution is -2.28. The van der Waals surface area contributed by atoms with Crippen LogP contribution in [0.5, 0.6) is 5.75 Å². The van der Waals surface area contributed by atoms with Gasteiger partial charge >= 0.3 is 0 Å². The largest absolute Gasteiger partial charge is 0.490 e. The average Bonchev–Trinajstić information content (AvgIpc) is 2.45. The molecular weight excluding hydrogens is 312 g/mol. The smallest absolute Gasteiger partial charge is 0.240 e. The zero-order valence-corrected chi connectivity index (χ0v) is 12.7. The fourth-order valence-electron chi connectivity index (χ4n) is 1.67. The summed E-state index contributed by atoms with van der Waals surface area (Å²) in [6, 6.07) is 13.1. The summed E-state index contributed by atoms with van der Waals surface area (Å²) in [5, 5.41) is 0.367. The van der Waals surface area contributed by atoms with Gasteiger partial charge in [0.15, 0.2) is 0 Å². The molecule has 2 aromatic rings. The Hall–Kier alpha value is -1.76. The molecule has 0 fully saturated rings. The van der Waals surface area contributed by atoms with Crippen molar-refractivity contribution in [2.75, 3.05) is 18.9 Å². The molecule has 0 heterocycles. The maximum Gasteiger partial charge on any atom is 0.240 e. The Kier molecular flexibility index (Phi) is 5.06. The molecule has 0 aliphatic carbocycles. The zero-order valence-electron chi connectivity index (χ0n) is 11.1. The zero-order chi connectivity index (χ0) is 15.3. The van der Waals surface area contributed by atoms with Crippen LogP contribution in [0.1, 0.15) is 0 Å². The first kappa shape index (κ1) is 15.6. The van der Waals surface area contributed by atoms with Crippen LogP contribution in [0.3, 0.4) is 0 Å². The quantitative estimate of drug-likeness (QED) is 0.630. The highest BCUT2D eigenvalue weighted by atomic mass is 35.5. The van der Waals surface area contributed by atoms with Crippen LogP contribution in [0, 0.1) is 0 Å². The van der Waals surface area contributed by atoms with E-state index in [0.29, 0.717) is 16.5 Å². The van der Waals surface area contributed by atoms with Gasteiger partial charge in [-0.15, -0.1) is 0 Å². The molecule has 2 aromatic carbocycles. The first-order chi connectivity index (χ1) is 9.99. The van der Waals surface area contributed by atoms with Gasteiger partial charge in [-0.1, -0.05) is 29.8 Å². The second-order valence-corrected chi connectivity index (χ2v) is 6.44. The third-order valence-electron chi connectivity index (χ3n) is 2.68. The molecule has 2 rings (SSSR count). The van der Waals surface area contributed by atoms with Crippen molar-refractivity contribution in [2.24, 2.45) is 0 Å². The van der Waals surface area contributed by atoms with Gasteiger partial charge in [0.25, 0.3) is 0 Å². The summed E-state index contributed by atoms with van der Waals surface area (Å²) in [5.41, 5.74) is 6.23. The highest BCUT2D eigenvalue weighted by molar-refractivity contribution is 7.89. The molecule has 112 valence electrons. The number of rotatable bonds is 6. The van der Waals surface area contributed by atoms with E-state index in [-0.39, 0.29) is 18.0 Å². The molecule has 0 radical (unpaired) electrons. The Balaban J connectivity index is 1.90. The standard InChI is InChI=1S/C14H15ClN2O3S/c15-11-4-3-5-12(10-11)21(18,19)17-8-9-20-14-7-2-1-6-13(14)16/h1-7,10,17H,8-9,16H2. The van der Waals surface area contributed by atoms with E-state index in [1.165, 1.54) is 12.1 Å². The van der Waals surface area contributed by atoms with Crippen molar-refractivity contribution in [3.63, 3.8) is 0 Å². The molecule has 0 atom stereocenters. The Morgan fingerprint density at radius 3 is 2.62 bits per heavy atom. The second-order valence-electron chi connectivity index (χ2n) is 4.24. The van der Waals surface area contributed by atoms with Crippen molar-refractivity contribution in [2.45, 2.75) is 4.90 Å². The normalized spacial score (nSPS) is 11.3. The molecule has 0 aromatic heterocycles. The number of ether oxygens (including phenoxy) is 1. The summed E-state index contributed by atoms with van der Waals surface area (Å²) in [6.07, 6.45) is 0. The van der Waals surface area contributed by atoms with Gasteiger partial charge in [0.05, 0.1) is 10.6 Å². The number of sulfonamides is 1. The Bertz CT molecular complexity index is 720. The number of hydrogen-bond donors (Lipinski definition) is 2. The predicted molar refractivity (Wildman–Crippen MR) is 83.0 cm³/mol. The number of nitrogen functional groups attached to an aromatic ring is 1.